The van der Waals surface area contributed by atoms with Crippen molar-refractivity contribution >= 4 is 11.8 Å². The number of aromatic nitrogens is 1. The molecule has 1 N–H and O–H groups in total. The Kier molecular flexibility index (Phi) is 4.63. The second-order valence-electron chi connectivity index (χ2n) is 10.0. The van der Waals surface area contributed by atoms with Gasteiger partial charge in [-0.1, -0.05) is 12.1 Å². The Morgan fingerprint density at radius 1 is 1.16 bits per heavy atom. The Labute approximate surface area is 181 Å². The third-order valence-corrected chi connectivity index (χ3v) is 7.62. The fourth-order valence-electron chi connectivity index (χ4n) is 6.86. The molecule has 0 amide bonds. The highest BCUT2D eigenvalue weighted by molar-refractivity contribution is 5.99. The molecule has 6 rings (SSSR count). The average molecular weight is 426 g/mol. The van der Waals surface area contributed by atoms with Gasteiger partial charge in [0.2, 0.25) is 5.78 Å². The van der Waals surface area contributed by atoms with Gasteiger partial charge in [-0.3, -0.25) is 9.59 Å². The number of halogens is 1. The van der Waals surface area contributed by atoms with Crippen molar-refractivity contribution in [2.24, 2.45) is 17.3 Å². The molecule has 5 nitrogen and oxygen atoms in total. The van der Waals surface area contributed by atoms with E-state index in [0.717, 1.165) is 37.8 Å². The van der Waals surface area contributed by atoms with Crippen LogP contribution in [0.15, 0.2) is 30.3 Å². The predicted octanol–water partition coefficient (Wildman–Crippen LogP) is 4.29. The van der Waals surface area contributed by atoms with Gasteiger partial charge in [0.25, 0.3) is 0 Å². The van der Waals surface area contributed by atoms with E-state index < -0.39 is 11.0 Å². The molecule has 0 saturated heterocycles. The van der Waals surface area contributed by atoms with Crippen LogP contribution in [-0.2, 0) is 9.53 Å². The maximum absolute atomic E-state index is 14.3. The summed E-state index contributed by atoms with van der Waals surface area (Å²) >= 11 is 0. The molecule has 31 heavy (non-hydrogen) atoms. The molecule has 4 atom stereocenters. The van der Waals surface area contributed by atoms with Crippen molar-refractivity contribution in [3.05, 3.63) is 53.1 Å². The first-order valence-corrected chi connectivity index (χ1v) is 11.1. The molecule has 4 saturated carbocycles. The van der Waals surface area contributed by atoms with Crippen LogP contribution in [0.5, 0.6) is 0 Å². The summed E-state index contributed by atoms with van der Waals surface area (Å²) in [4.78, 5) is 26.0. The first-order valence-electron chi connectivity index (χ1n) is 11.1. The van der Waals surface area contributed by atoms with E-state index >= 15 is 0 Å². The van der Waals surface area contributed by atoms with Gasteiger partial charge in [-0.15, -0.1) is 0 Å². The number of aryl methyl sites for hydroxylation is 1. The maximum atomic E-state index is 14.3. The molecule has 4 aliphatic carbocycles. The standard InChI is InChI=1S/C25H28FNO4/c1-15-7-19(16(2)27(15)21-6-4-3-5-20(21)26)22(28)13-31-23(29)24-9-17-8-18(10-24)12-25(30,11-17)14-24/h3-7,17-18,30H,8-14H2,1-2H3/t17-,18+,24?,25?. The number of benzene rings is 1. The van der Waals surface area contributed by atoms with Gasteiger partial charge in [-0.05, 0) is 82.4 Å². The SMILES string of the molecule is Cc1cc(C(=O)COC(=O)C23C[C@@H]4C[C@@H](CC(O)(C4)C2)C3)c(C)n1-c1ccccc1F. The van der Waals surface area contributed by atoms with Crippen LogP contribution in [-0.4, -0.2) is 33.6 Å². The molecule has 4 bridgehead atoms. The minimum absolute atomic E-state index is 0.299. The molecule has 0 radical (unpaired) electrons. The lowest BCUT2D eigenvalue weighted by Gasteiger charge is -2.58. The smallest absolute Gasteiger partial charge is 0.312 e. The first-order chi connectivity index (χ1) is 14.7. The molecular weight excluding hydrogens is 397 g/mol. The van der Waals surface area contributed by atoms with Crippen LogP contribution in [0.2, 0.25) is 0 Å². The Hall–Kier alpha value is -2.47. The second-order valence-corrected chi connectivity index (χ2v) is 10.0. The van der Waals surface area contributed by atoms with Gasteiger partial charge in [0.1, 0.15) is 5.82 Å². The summed E-state index contributed by atoms with van der Waals surface area (Å²) in [6.07, 6.45) is 4.58. The van der Waals surface area contributed by atoms with Crippen LogP contribution in [0.25, 0.3) is 5.69 Å². The molecule has 1 aromatic heterocycles. The number of nitrogens with zero attached hydrogens (tertiary/aromatic N) is 1. The minimum atomic E-state index is -0.752. The molecule has 6 heteroatoms. The molecule has 1 heterocycles. The van der Waals surface area contributed by atoms with E-state index in [1.54, 1.807) is 35.8 Å². The Balaban J connectivity index is 1.32. The van der Waals surface area contributed by atoms with E-state index in [9.17, 15) is 19.1 Å². The van der Waals surface area contributed by atoms with Gasteiger partial charge >= 0.3 is 5.97 Å². The monoisotopic (exact) mass is 425 g/mol. The molecule has 0 spiro atoms. The third-order valence-electron chi connectivity index (χ3n) is 7.62. The maximum Gasteiger partial charge on any atom is 0.312 e. The quantitative estimate of drug-likeness (QED) is 0.573. The number of carbonyl (C=O) groups excluding carboxylic acids is 2. The van der Waals surface area contributed by atoms with Gasteiger partial charge in [-0.25, -0.2) is 4.39 Å². The van der Waals surface area contributed by atoms with Crippen molar-refractivity contribution < 1.29 is 23.8 Å². The Bertz CT molecular complexity index is 1060. The third kappa shape index (κ3) is 3.32. The molecular formula is C25H28FNO4. The minimum Gasteiger partial charge on any atom is -0.457 e. The van der Waals surface area contributed by atoms with E-state index in [2.05, 4.69) is 0 Å². The summed E-state index contributed by atoms with van der Waals surface area (Å²) in [5, 5.41) is 10.9. The zero-order valence-corrected chi connectivity index (χ0v) is 18.0. The van der Waals surface area contributed by atoms with Crippen LogP contribution in [0.4, 0.5) is 4.39 Å². The molecule has 2 unspecified atom stereocenters. The van der Waals surface area contributed by atoms with E-state index in [1.807, 2.05) is 6.92 Å². The number of Topliss-reactive ketones (excluding diaryl/α,β-unsaturated/α-hetero) is 1. The van der Waals surface area contributed by atoms with Crippen molar-refractivity contribution in [3.63, 3.8) is 0 Å². The fraction of sp³-hybridized carbons (Fsp3) is 0.520. The molecule has 0 aliphatic heterocycles. The lowest BCUT2D eigenvalue weighted by molar-refractivity contribution is -0.195. The van der Waals surface area contributed by atoms with Crippen LogP contribution >= 0.6 is 0 Å². The number of ketones is 1. The molecule has 1 aromatic carbocycles. The summed E-state index contributed by atoms with van der Waals surface area (Å²) in [7, 11) is 0. The largest absolute Gasteiger partial charge is 0.457 e. The van der Waals surface area contributed by atoms with Crippen molar-refractivity contribution in [2.45, 2.75) is 58.0 Å². The summed E-state index contributed by atoms with van der Waals surface area (Å²) in [5.41, 5.74) is 0.766. The number of aliphatic hydroxyl groups is 1. The zero-order chi connectivity index (χ0) is 22.0. The van der Waals surface area contributed by atoms with Gasteiger partial charge in [0, 0.05) is 17.0 Å². The molecule has 4 fully saturated rings. The van der Waals surface area contributed by atoms with Crippen LogP contribution in [0.3, 0.4) is 0 Å². The van der Waals surface area contributed by atoms with Crippen molar-refractivity contribution in [2.75, 3.05) is 6.61 Å². The van der Waals surface area contributed by atoms with Crippen LogP contribution < -0.4 is 0 Å². The summed E-state index contributed by atoms with van der Waals surface area (Å²) in [6, 6.07) is 8.14. The van der Waals surface area contributed by atoms with Crippen molar-refractivity contribution in [1.29, 1.82) is 0 Å². The summed E-state index contributed by atoms with van der Waals surface area (Å²) in [6.45, 7) is 3.25. The Morgan fingerprint density at radius 3 is 2.48 bits per heavy atom. The number of esters is 1. The van der Waals surface area contributed by atoms with Gasteiger partial charge < -0.3 is 14.4 Å². The van der Waals surface area contributed by atoms with E-state index in [1.165, 1.54) is 6.07 Å². The number of para-hydroxylation sites is 1. The van der Waals surface area contributed by atoms with Crippen LogP contribution in [0.1, 0.15) is 60.3 Å². The summed E-state index contributed by atoms with van der Waals surface area (Å²) < 4.78 is 21.5. The first kappa shape index (κ1) is 20.4. The van der Waals surface area contributed by atoms with Gasteiger partial charge in [0.15, 0.2) is 6.61 Å². The number of carbonyl (C=O) groups is 2. The van der Waals surface area contributed by atoms with Crippen molar-refractivity contribution in [3.8, 4) is 5.69 Å². The lowest BCUT2D eigenvalue weighted by Crippen LogP contribution is -2.58. The number of hydrogen-bond donors (Lipinski definition) is 1. The van der Waals surface area contributed by atoms with Crippen molar-refractivity contribution in [1.82, 2.24) is 4.57 Å². The van der Waals surface area contributed by atoms with Crippen LogP contribution in [0, 0.1) is 36.9 Å². The van der Waals surface area contributed by atoms with E-state index in [4.69, 9.17) is 4.74 Å². The highest BCUT2D eigenvalue weighted by Crippen LogP contribution is 2.62. The molecule has 164 valence electrons. The number of ether oxygens (including phenoxy) is 1. The molecule has 4 aliphatic rings. The highest BCUT2D eigenvalue weighted by atomic mass is 19.1. The summed E-state index contributed by atoms with van der Waals surface area (Å²) in [5.74, 6) is -0.276. The lowest BCUT2D eigenvalue weighted by atomic mass is 9.48. The van der Waals surface area contributed by atoms with E-state index in [0.29, 0.717) is 35.2 Å². The Morgan fingerprint density at radius 2 is 1.84 bits per heavy atom. The number of hydrogen-bond acceptors (Lipinski definition) is 4. The highest BCUT2D eigenvalue weighted by Gasteiger charge is 2.60. The fourth-order valence-corrected chi connectivity index (χ4v) is 6.86. The normalized spacial score (nSPS) is 31.1. The number of rotatable bonds is 5. The topological polar surface area (TPSA) is 68.5 Å². The second kappa shape index (κ2) is 7.02. The molecule has 2 aromatic rings. The van der Waals surface area contributed by atoms with Gasteiger partial charge in [-0.2, -0.15) is 0 Å². The van der Waals surface area contributed by atoms with E-state index in [-0.39, 0.29) is 24.2 Å². The van der Waals surface area contributed by atoms with Gasteiger partial charge in [0.05, 0.1) is 16.7 Å². The predicted molar refractivity (Wildman–Crippen MR) is 113 cm³/mol. The zero-order valence-electron chi connectivity index (χ0n) is 18.0. The average Bonchev–Trinajstić information content (AvgIpc) is 2.98.